The standard InChI is InChI=1S/C13H19NO5/c1-8(13(18-3)19-4)14-12(16)10-7-9(17-2)5-6-11(10)15/h5-8,13,15H,1-4H3,(H,14,16). The molecule has 1 aromatic carbocycles. The van der Waals surface area contributed by atoms with Gasteiger partial charge in [0.25, 0.3) is 5.91 Å². The summed E-state index contributed by atoms with van der Waals surface area (Å²) in [6.07, 6.45) is -0.559. The monoisotopic (exact) mass is 269 g/mol. The fourth-order valence-electron chi connectivity index (χ4n) is 1.68. The van der Waals surface area contributed by atoms with Crippen LogP contribution in [0.1, 0.15) is 17.3 Å². The second kappa shape index (κ2) is 6.96. The van der Waals surface area contributed by atoms with Gasteiger partial charge >= 0.3 is 0 Å². The molecule has 106 valence electrons. The van der Waals surface area contributed by atoms with Gasteiger partial charge in [-0.1, -0.05) is 0 Å². The van der Waals surface area contributed by atoms with Gasteiger partial charge in [0.1, 0.15) is 11.5 Å². The Kier molecular flexibility index (Phi) is 5.59. The van der Waals surface area contributed by atoms with Crippen LogP contribution in [0.4, 0.5) is 0 Å². The first-order valence-electron chi connectivity index (χ1n) is 5.77. The van der Waals surface area contributed by atoms with Crippen molar-refractivity contribution in [3.63, 3.8) is 0 Å². The SMILES string of the molecule is COc1ccc(O)c(C(=O)NC(C)C(OC)OC)c1. The molecule has 1 amide bonds. The fraction of sp³-hybridized carbons (Fsp3) is 0.462. The number of benzene rings is 1. The Morgan fingerprint density at radius 2 is 1.89 bits per heavy atom. The smallest absolute Gasteiger partial charge is 0.255 e. The van der Waals surface area contributed by atoms with Crippen LogP contribution in [0.2, 0.25) is 0 Å². The van der Waals surface area contributed by atoms with Gasteiger partial charge in [-0.3, -0.25) is 4.79 Å². The van der Waals surface area contributed by atoms with Gasteiger partial charge in [-0.2, -0.15) is 0 Å². The minimum absolute atomic E-state index is 0.114. The quantitative estimate of drug-likeness (QED) is 0.757. The molecule has 6 heteroatoms. The van der Waals surface area contributed by atoms with Crippen molar-refractivity contribution >= 4 is 5.91 Å². The molecule has 0 aliphatic heterocycles. The highest BCUT2D eigenvalue weighted by Gasteiger charge is 2.20. The minimum Gasteiger partial charge on any atom is -0.507 e. The van der Waals surface area contributed by atoms with Gasteiger partial charge in [0, 0.05) is 14.2 Å². The predicted octanol–water partition coefficient (Wildman–Crippen LogP) is 1.14. The van der Waals surface area contributed by atoms with Crippen molar-refractivity contribution < 1.29 is 24.1 Å². The van der Waals surface area contributed by atoms with E-state index in [1.54, 1.807) is 13.0 Å². The third kappa shape index (κ3) is 3.84. The lowest BCUT2D eigenvalue weighted by Gasteiger charge is -2.22. The van der Waals surface area contributed by atoms with E-state index in [0.717, 1.165) is 0 Å². The first-order chi connectivity index (χ1) is 9.03. The molecule has 0 bridgehead atoms. The summed E-state index contributed by atoms with van der Waals surface area (Å²) in [5.41, 5.74) is 0.136. The van der Waals surface area contributed by atoms with Crippen LogP contribution < -0.4 is 10.1 Å². The van der Waals surface area contributed by atoms with Gasteiger partial charge in [0.2, 0.25) is 0 Å². The Morgan fingerprint density at radius 3 is 2.42 bits per heavy atom. The summed E-state index contributed by atoms with van der Waals surface area (Å²) in [5.74, 6) is -0.0504. The first-order valence-corrected chi connectivity index (χ1v) is 5.77. The van der Waals surface area contributed by atoms with E-state index in [-0.39, 0.29) is 17.4 Å². The fourth-order valence-corrected chi connectivity index (χ4v) is 1.68. The highest BCUT2D eigenvalue weighted by atomic mass is 16.7. The Bertz CT molecular complexity index is 431. The molecule has 1 aromatic rings. The van der Waals surface area contributed by atoms with Crippen LogP contribution in [0.25, 0.3) is 0 Å². The number of carbonyl (C=O) groups is 1. The molecule has 0 saturated heterocycles. The maximum absolute atomic E-state index is 12.0. The summed E-state index contributed by atoms with van der Waals surface area (Å²) in [6, 6.07) is 4.07. The molecule has 0 spiro atoms. The summed E-state index contributed by atoms with van der Waals surface area (Å²) in [6.45, 7) is 1.74. The average molecular weight is 269 g/mol. The highest BCUT2D eigenvalue weighted by Crippen LogP contribution is 2.22. The molecule has 1 unspecified atom stereocenters. The van der Waals surface area contributed by atoms with Gasteiger partial charge in [-0.05, 0) is 25.1 Å². The van der Waals surface area contributed by atoms with Crippen molar-refractivity contribution in [2.24, 2.45) is 0 Å². The van der Waals surface area contributed by atoms with Crippen LogP contribution in [0.3, 0.4) is 0 Å². The van der Waals surface area contributed by atoms with Crippen molar-refractivity contribution in [3.8, 4) is 11.5 Å². The number of ether oxygens (including phenoxy) is 3. The molecule has 1 atom stereocenters. The molecule has 1 rings (SSSR count). The molecule has 0 aromatic heterocycles. The van der Waals surface area contributed by atoms with E-state index in [1.165, 1.54) is 33.5 Å². The van der Waals surface area contributed by atoms with Crippen molar-refractivity contribution in [3.05, 3.63) is 23.8 Å². The molecule has 0 saturated carbocycles. The minimum atomic E-state index is -0.559. The van der Waals surface area contributed by atoms with E-state index < -0.39 is 12.2 Å². The molecule has 0 aliphatic carbocycles. The Balaban J connectivity index is 2.83. The van der Waals surface area contributed by atoms with Gasteiger partial charge in [0.05, 0.1) is 18.7 Å². The topological polar surface area (TPSA) is 77.0 Å². The first kappa shape index (κ1) is 15.3. The van der Waals surface area contributed by atoms with Crippen LogP contribution in [0.5, 0.6) is 11.5 Å². The number of rotatable bonds is 6. The third-order valence-corrected chi connectivity index (χ3v) is 2.68. The van der Waals surface area contributed by atoms with E-state index in [2.05, 4.69) is 5.32 Å². The van der Waals surface area contributed by atoms with Crippen LogP contribution >= 0.6 is 0 Å². The van der Waals surface area contributed by atoms with Gasteiger partial charge < -0.3 is 24.6 Å². The zero-order chi connectivity index (χ0) is 14.4. The summed E-state index contributed by atoms with van der Waals surface area (Å²) < 4.78 is 15.1. The second-order valence-electron chi connectivity index (χ2n) is 3.99. The third-order valence-electron chi connectivity index (χ3n) is 2.68. The molecular formula is C13H19NO5. The molecule has 0 radical (unpaired) electrons. The Morgan fingerprint density at radius 1 is 1.26 bits per heavy atom. The number of hydrogen-bond donors (Lipinski definition) is 2. The van der Waals surface area contributed by atoms with Crippen LogP contribution in [0.15, 0.2) is 18.2 Å². The lowest BCUT2D eigenvalue weighted by Crippen LogP contribution is -2.42. The van der Waals surface area contributed by atoms with E-state index in [0.29, 0.717) is 5.75 Å². The molecular weight excluding hydrogens is 250 g/mol. The number of amides is 1. The maximum atomic E-state index is 12.0. The second-order valence-corrected chi connectivity index (χ2v) is 3.99. The zero-order valence-corrected chi connectivity index (χ0v) is 11.5. The van der Waals surface area contributed by atoms with Crippen molar-refractivity contribution in [1.82, 2.24) is 5.32 Å². The zero-order valence-electron chi connectivity index (χ0n) is 11.5. The molecule has 19 heavy (non-hydrogen) atoms. The lowest BCUT2D eigenvalue weighted by molar-refractivity contribution is -0.117. The summed E-state index contributed by atoms with van der Waals surface area (Å²) in [4.78, 5) is 12.0. The van der Waals surface area contributed by atoms with E-state index in [9.17, 15) is 9.90 Å². The van der Waals surface area contributed by atoms with E-state index >= 15 is 0 Å². The average Bonchev–Trinajstić information content (AvgIpc) is 2.40. The number of hydrogen-bond acceptors (Lipinski definition) is 5. The van der Waals surface area contributed by atoms with Gasteiger partial charge in [-0.15, -0.1) is 0 Å². The van der Waals surface area contributed by atoms with Crippen molar-refractivity contribution in [2.45, 2.75) is 19.3 Å². The predicted molar refractivity (Wildman–Crippen MR) is 69.4 cm³/mol. The Labute approximate surface area is 112 Å². The summed E-state index contributed by atoms with van der Waals surface area (Å²) >= 11 is 0. The molecule has 0 aliphatic rings. The number of phenols is 1. The van der Waals surface area contributed by atoms with Crippen LogP contribution in [-0.4, -0.2) is 44.7 Å². The lowest BCUT2D eigenvalue weighted by atomic mass is 10.1. The molecule has 6 nitrogen and oxygen atoms in total. The van der Waals surface area contributed by atoms with Crippen molar-refractivity contribution in [1.29, 1.82) is 0 Å². The maximum Gasteiger partial charge on any atom is 0.255 e. The summed E-state index contributed by atoms with van der Waals surface area (Å²) in [7, 11) is 4.46. The van der Waals surface area contributed by atoms with Crippen LogP contribution in [-0.2, 0) is 9.47 Å². The molecule has 0 heterocycles. The highest BCUT2D eigenvalue weighted by molar-refractivity contribution is 5.97. The molecule has 2 N–H and O–H groups in total. The molecule has 0 fully saturated rings. The van der Waals surface area contributed by atoms with Gasteiger partial charge in [-0.25, -0.2) is 0 Å². The van der Waals surface area contributed by atoms with E-state index in [1.807, 2.05) is 0 Å². The number of aromatic hydroxyl groups is 1. The normalized spacial score (nSPS) is 12.3. The number of phenolic OH excluding ortho intramolecular Hbond substituents is 1. The van der Waals surface area contributed by atoms with Crippen molar-refractivity contribution in [2.75, 3.05) is 21.3 Å². The van der Waals surface area contributed by atoms with E-state index in [4.69, 9.17) is 14.2 Å². The number of nitrogens with one attached hydrogen (secondary N) is 1. The van der Waals surface area contributed by atoms with Crippen LogP contribution in [0, 0.1) is 0 Å². The number of methoxy groups -OCH3 is 3. The summed E-state index contributed by atoms with van der Waals surface area (Å²) in [5, 5.41) is 12.4. The Hall–Kier alpha value is -1.79. The number of carbonyl (C=O) groups excluding carboxylic acids is 1. The largest absolute Gasteiger partial charge is 0.507 e. The van der Waals surface area contributed by atoms with Gasteiger partial charge in [0.15, 0.2) is 6.29 Å².